The van der Waals surface area contributed by atoms with Crippen LogP contribution in [0.25, 0.3) is 0 Å². The Labute approximate surface area is 198 Å². The maximum Gasteiger partial charge on any atom is 0.261 e. The Balaban J connectivity index is 1.01. The molecule has 3 aliphatic rings. The Morgan fingerprint density at radius 3 is 1.12 bits per heavy atom. The zero-order valence-corrected chi connectivity index (χ0v) is 19.2. The van der Waals surface area contributed by atoms with E-state index in [1.165, 1.54) is 19.6 Å². The third-order valence-electron chi connectivity index (χ3n) is 7.24. The molecule has 0 aromatic heterocycles. The van der Waals surface area contributed by atoms with Gasteiger partial charge in [0.15, 0.2) is 0 Å². The Bertz CT molecular complexity index is 980. The third-order valence-corrected chi connectivity index (χ3v) is 7.24. The molecule has 0 spiro atoms. The molecule has 0 saturated carbocycles. The van der Waals surface area contributed by atoms with E-state index in [-0.39, 0.29) is 23.6 Å². The van der Waals surface area contributed by atoms with Crippen molar-refractivity contribution in [3.8, 4) is 0 Å². The summed E-state index contributed by atoms with van der Waals surface area (Å²) in [6.07, 6.45) is 1.60. The van der Waals surface area contributed by atoms with Gasteiger partial charge in [-0.1, -0.05) is 24.3 Å². The van der Waals surface area contributed by atoms with Crippen LogP contribution in [-0.2, 0) is 0 Å². The van der Waals surface area contributed by atoms with Gasteiger partial charge in [0.25, 0.3) is 23.6 Å². The summed E-state index contributed by atoms with van der Waals surface area (Å²) >= 11 is 0. The first-order valence-electron chi connectivity index (χ1n) is 12.1. The summed E-state index contributed by atoms with van der Waals surface area (Å²) in [6.45, 7) is 6.99. The van der Waals surface area contributed by atoms with E-state index < -0.39 is 0 Å². The summed E-state index contributed by atoms with van der Waals surface area (Å²) in [4.78, 5) is 55.7. The van der Waals surface area contributed by atoms with Gasteiger partial charge in [-0.2, -0.15) is 0 Å². The highest BCUT2D eigenvalue weighted by atomic mass is 16.2. The zero-order valence-electron chi connectivity index (χ0n) is 19.2. The van der Waals surface area contributed by atoms with Crippen LogP contribution in [0, 0.1) is 0 Å². The van der Waals surface area contributed by atoms with Gasteiger partial charge in [0.05, 0.1) is 35.3 Å². The number of piperazine rings is 1. The van der Waals surface area contributed by atoms with Crippen molar-refractivity contribution in [2.45, 2.75) is 12.8 Å². The van der Waals surface area contributed by atoms with Crippen LogP contribution in [0.15, 0.2) is 48.5 Å². The smallest absolute Gasteiger partial charge is 0.261 e. The molecule has 8 heteroatoms. The highest BCUT2D eigenvalue weighted by Crippen LogP contribution is 2.23. The predicted molar refractivity (Wildman–Crippen MR) is 124 cm³/mol. The molecule has 1 fully saturated rings. The van der Waals surface area contributed by atoms with Crippen LogP contribution in [0.2, 0.25) is 0 Å². The number of fused-ring (bicyclic) bond motifs is 2. The highest BCUT2D eigenvalue weighted by molar-refractivity contribution is 6.22. The normalized spacial score (nSPS) is 21.9. The van der Waals surface area contributed by atoms with Crippen molar-refractivity contribution < 1.29 is 29.0 Å². The molecule has 1 saturated heterocycles. The average molecular weight is 463 g/mol. The Morgan fingerprint density at radius 1 is 0.529 bits per heavy atom. The summed E-state index contributed by atoms with van der Waals surface area (Å²) in [5.74, 6) is -0.711. The monoisotopic (exact) mass is 462 g/mol. The van der Waals surface area contributed by atoms with Gasteiger partial charge in [-0.3, -0.25) is 29.0 Å². The lowest BCUT2D eigenvalue weighted by Gasteiger charge is -2.30. The van der Waals surface area contributed by atoms with Gasteiger partial charge in [-0.05, 0) is 24.3 Å². The zero-order chi connectivity index (χ0) is 23.7. The maximum absolute atomic E-state index is 12.5. The van der Waals surface area contributed by atoms with E-state index in [0.717, 1.165) is 52.1 Å². The van der Waals surface area contributed by atoms with Crippen molar-refractivity contribution in [1.82, 2.24) is 9.80 Å². The Hall–Kier alpha value is -3.36. The molecule has 0 atom stereocenters. The van der Waals surface area contributed by atoms with E-state index in [9.17, 15) is 19.2 Å². The number of nitrogens with zero attached hydrogens (tertiary/aromatic N) is 2. The molecule has 34 heavy (non-hydrogen) atoms. The van der Waals surface area contributed by atoms with Crippen LogP contribution in [0.3, 0.4) is 0 Å². The molecule has 5 rings (SSSR count). The number of carbonyl (C=O) groups is 4. The molecule has 4 amide bonds. The summed E-state index contributed by atoms with van der Waals surface area (Å²) in [6, 6.07) is 14.0. The number of nitrogens with one attached hydrogen (secondary N) is 2. The third kappa shape index (κ3) is 4.15. The SMILES string of the molecule is O=C1c2ccccc2C(=O)N1CCC[NH+]1CC[NH+](CCCN2C(=O)c3ccccc3C2=O)CC1. The van der Waals surface area contributed by atoms with Gasteiger partial charge in [-0.25, -0.2) is 0 Å². The lowest BCUT2D eigenvalue weighted by molar-refractivity contribution is -1.01. The van der Waals surface area contributed by atoms with Gasteiger partial charge in [0.1, 0.15) is 26.2 Å². The van der Waals surface area contributed by atoms with Gasteiger partial charge in [0.2, 0.25) is 0 Å². The molecular weight excluding hydrogens is 432 g/mol. The number of hydrogen-bond donors (Lipinski definition) is 2. The first-order valence-corrected chi connectivity index (χ1v) is 12.1. The van der Waals surface area contributed by atoms with Crippen LogP contribution < -0.4 is 9.80 Å². The van der Waals surface area contributed by atoms with Crippen molar-refractivity contribution in [1.29, 1.82) is 0 Å². The summed E-state index contributed by atoms with van der Waals surface area (Å²) < 4.78 is 0. The fourth-order valence-corrected chi connectivity index (χ4v) is 5.32. The lowest BCUT2D eigenvalue weighted by Crippen LogP contribution is -3.28. The molecule has 8 nitrogen and oxygen atoms in total. The number of carbonyl (C=O) groups excluding carboxylic acids is 4. The van der Waals surface area contributed by atoms with Gasteiger partial charge < -0.3 is 9.80 Å². The van der Waals surface area contributed by atoms with E-state index in [1.807, 2.05) is 0 Å². The summed E-state index contributed by atoms with van der Waals surface area (Å²) in [5, 5.41) is 0. The number of hydrogen-bond acceptors (Lipinski definition) is 4. The van der Waals surface area contributed by atoms with Crippen molar-refractivity contribution in [3.05, 3.63) is 70.8 Å². The van der Waals surface area contributed by atoms with Crippen LogP contribution >= 0.6 is 0 Å². The fraction of sp³-hybridized carbons (Fsp3) is 0.385. The van der Waals surface area contributed by atoms with Crippen LogP contribution in [0.1, 0.15) is 54.3 Å². The molecule has 0 bridgehead atoms. The summed E-state index contributed by atoms with van der Waals surface area (Å²) in [5.41, 5.74) is 2.05. The second kappa shape index (κ2) is 9.48. The van der Waals surface area contributed by atoms with E-state index in [0.29, 0.717) is 35.3 Å². The van der Waals surface area contributed by atoms with Crippen molar-refractivity contribution in [2.75, 3.05) is 52.4 Å². The first kappa shape index (κ1) is 22.4. The minimum absolute atomic E-state index is 0.178. The van der Waals surface area contributed by atoms with Crippen LogP contribution in [0.5, 0.6) is 0 Å². The standard InChI is InChI=1S/C26H28N4O4/c31-23-19-7-1-2-8-20(19)24(32)29(23)13-5-11-27-15-17-28(18-16-27)12-6-14-30-25(33)21-9-3-4-10-22(21)26(30)34/h1-4,7-10H,5-6,11-18H2/p+2. The molecule has 3 aliphatic heterocycles. The second-order valence-corrected chi connectivity index (χ2v) is 9.32. The molecule has 0 radical (unpaired) electrons. The summed E-state index contributed by atoms with van der Waals surface area (Å²) in [7, 11) is 0. The minimum atomic E-state index is -0.178. The van der Waals surface area contributed by atoms with Crippen molar-refractivity contribution in [3.63, 3.8) is 0 Å². The van der Waals surface area contributed by atoms with Gasteiger partial charge in [0, 0.05) is 25.9 Å². The van der Waals surface area contributed by atoms with E-state index in [4.69, 9.17) is 0 Å². The maximum atomic E-state index is 12.5. The largest absolute Gasteiger partial charge is 0.326 e. The number of amides is 4. The van der Waals surface area contributed by atoms with Crippen molar-refractivity contribution >= 4 is 23.6 Å². The predicted octanol–water partition coefficient (Wildman–Crippen LogP) is -0.858. The molecule has 176 valence electrons. The first-order chi connectivity index (χ1) is 16.5. The van der Waals surface area contributed by atoms with Gasteiger partial charge in [-0.15, -0.1) is 0 Å². The highest BCUT2D eigenvalue weighted by Gasteiger charge is 2.36. The minimum Gasteiger partial charge on any atom is -0.326 e. The van der Waals surface area contributed by atoms with Crippen LogP contribution in [-0.4, -0.2) is 85.8 Å². The number of quaternary nitrogens is 2. The molecule has 2 aromatic rings. The Morgan fingerprint density at radius 2 is 0.824 bits per heavy atom. The molecule has 0 unspecified atom stereocenters. The molecule has 0 aliphatic carbocycles. The quantitative estimate of drug-likeness (QED) is 0.501. The number of rotatable bonds is 8. The Kier molecular flexibility index (Phi) is 6.26. The lowest BCUT2D eigenvalue weighted by atomic mass is 10.1. The number of benzene rings is 2. The van der Waals surface area contributed by atoms with Crippen molar-refractivity contribution in [2.24, 2.45) is 0 Å². The van der Waals surface area contributed by atoms with E-state index >= 15 is 0 Å². The topological polar surface area (TPSA) is 83.6 Å². The molecule has 3 heterocycles. The fourth-order valence-electron chi connectivity index (χ4n) is 5.32. The number of imide groups is 2. The van der Waals surface area contributed by atoms with E-state index in [1.54, 1.807) is 48.5 Å². The molecule has 2 N–H and O–H groups in total. The van der Waals surface area contributed by atoms with Crippen LogP contribution in [0.4, 0.5) is 0 Å². The molecular formula is C26H30N4O4+2. The molecule has 2 aromatic carbocycles. The average Bonchev–Trinajstić information content (AvgIpc) is 3.26. The van der Waals surface area contributed by atoms with Gasteiger partial charge >= 0.3 is 0 Å². The van der Waals surface area contributed by atoms with E-state index in [2.05, 4.69) is 0 Å². The second-order valence-electron chi connectivity index (χ2n) is 9.32.